The maximum absolute atomic E-state index is 12.3. The Morgan fingerprint density at radius 2 is 1.80 bits per heavy atom. The maximum Gasteiger partial charge on any atom is 0.347 e. The second-order valence-corrected chi connectivity index (χ2v) is 4.76. The van der Waals surface area contributed by atoms with Gasteiger partial charge in [-0.25, -0.2) is 4.79 Å². The van der Waals surface area contributed by atoms with Crippen molar-refractivity contribution >= 4 is 22.6 Å². The van der Waals surface area contributed by atoms with E-state index in [2.05, 4.69) is 10.4 Å². The van der Waals surface area contributed by atoms with E-state index in [4.69, 9.17) is 0 Å². The Hall–Kier alpha value is -2.62. The molecule has 100 valence electrons. The first-order valence-corrected chi connectivity index (χ1v) is 6.48. The molecule has 2 aromatic carbocycles. The van der Waals surface area contributed by atoms with Gasteiger partial charge in [-0.2, -0.15) is 9.78 Å². The average Bonchev–Trinajstić information content (AvgIpc) is 2.79. The van der Waals surface area contributed by atoms with Crippen molar-refractivity contribution in [2.45, 2.75) is 13.8 Å². The van der Waals surface area contributed by atoms with Crippen LogP contribution in [0.4, 0.5) is 10.5 Å². The fraction of sp³-hybridized carbons (Fsp3) is 0.125. The third-order valence-corrected chi connectivity index (χ3v) is 3.31. The lowest BCUT2D eigenvalue weighted by molar-refractivity contribution is 0.251. The molecule has 3 aromatic rings. The highest BCUT2D eigenvalue weighted by atomic mass is 16.2. The van der Waals surface area contributed by atoms with Crippen molar-refractivity contribution in [2.75, 3.05) is 5.32 Å². The number of benzene rings is 2. The van der Waals surface area contributed by atoms with E-state index in [0.717, 1.165) is 27.8 Å². The maximum atomic E-state index is 12.3. The minimum Gasteiger partial charge on any atom is -0.306 e. The van der Waals surface area contributed by atoms with Crippen LogP contribution < -0.4 is 5.32 Å². The summed E-state index contributed by atoms with van der Waals surface area (Å²) in [4.78, 5) is 12.3. The highest BCUT2D eigenvalue weighted by Crippen LogP contribution is 2.22. The molecule has 0 aliphatic heterocycles. The molecule has 0 atom stereocenters. The van der Waals surface area contributed by atoms with Crippen LogP contribution in [0.25, 0.3) is 10.9 Å². The number of aryl methyl sites for hydroxylation is 2. The predicted molar refractivity (Wildman–Crippen MR) is 80.1 cm³/mol. The van der Waals surface area contributed by atoms with E-state index in [1.54, 1.807) is 0 Å². The standard InChI is InChI=1S/C16H15N3O/c1-11-7-6-10-14-15(11)12(2)18-19(14)16(20)17-13-8-4-3-5-9-13/h3-10H,1-2H3,(H,17,20). The smallest absolute Gasteiger partial charge is 0.306 e. The zero-order valence-corrected chi connectivity index (χ0v) is 11.4. The molecule has 4 nitrogen and oxygen atoms in total. The molecule has 4 heteroatoms. The SMILES string of the molecule is Cc1cccc2c1c(C)nn2C(=O)Nc1ccccc1. The van der Waals surface area contributed by atoms with Gasteiger partial charge in [-0.3, -0.25) is 0 Å². The zero-order chi connectivity index (χ0) is 14.1. The van der Waals surface area contributed by atoms with E-state index in [0.29, 0.717) is 0 Å². The number of carbonyl (C=O) groups is 1. The first-order chi connectivity index (χ1) is 9.66. The summed E-state index contributed by atoms with van der Waals surface area (Å²) in [6.45, 7) is 3.94. The van der Waals surface area contributed by atoms with Crippen LogP contribution in [0.15, 0.2) is 48.5 Å². The summed E-state index contributed by atoms with van der Waals surface area (Å²) in [6.07, 6.45) is 0. The van der Waals surface area contributed by atoms with Gasteiger partial charge in [0.1, 0.15) is 0 Å². The van der Waals surface area contributed by atoms with Gasteiger partial charge in [0.15, 0.2) is 0 Å². The van der Waals surface area contributed by atoms with Crippen LogP contribution in [-0.2, 0) is 0 Å². The second-order valence-electron chi connectivity index (χ2n) is 4.76. The molecule has 0 saturated heterocycles. The summed E-state index contributed by atoms with van der Waals surface area (Å²) in [5.41, 5.74) is 3.57. The molecular formula is C16H15N3O. The van der Waals surface area contributed by atoms with Gasteiger partial charge in [-0.05, 0) is 37.6 Å². The molecule has 0 fully saturated rings. The summed E-state index contributed by atoms with van der Waals surface area (Å²) in [5.74, 6) is 0. The molecule has 20 heavy (non-hydrogen) atoms. The van der Waals surface area contributed by atoms with Gasteiger partial charge in [0, 0.05) is 11.1 Å². The number of hydrogen-bond donors (Lipinski definition) is 1. The minimum atomic E-state index is -0.250. The fourth-order valence-corrected chi connectivity index (χ4v) is 2.41. The molecular weight excluding hydrogens is 250 g/mol. The van der Waals surface area contributed by atoms with Gasteiger partial charge in [-0.15, -0.1) is 0 Å². The van der Waals surface area contributed by atoms with Crippen molar-refractivity contribution < 1.29 is 4.79 Å². The number of fused-ring (bicyclic) bond motifs is 1. The fourth-order valence-electron chi connectivity index (χ4n) is 2.41. The van der Waals surface area contributed by atoms with Crippen LogP contribution in [0.3, 0.4) is 0 Å². The van der Waals surface area contributed by atoms with Crippen LogP contribution in [0.1, 0.15) is 11.3 Å². The van der Waals surface area contributed by atoms with E-state index in [-0.39, 0.29) is 6.03 Å². The van der Waals surface area contributed by atoms with Crippen molar-refractivity contribution in [2.24, 2.45) is 0 Å². The molecule has 1 heterocycles. The Balaban J connectivity index is 2.03. The summed E-state index contributed by atoms with van der Waals surface area (Å²) < 4.78 is 1.42. The third-order valence-electron chi connectivity index (χ3n) is 3.31. The lowest BCUT2D eigenvalue weighted by atomic mass is 10.1. The quantitative estimate of drug-likeness (QED) is 0.728. The Kier molecular flexibility index (Phi) is 2.99. The highest BCUT2D eigenvalue weighted by molar-refractivity contribution is 5.98. The number of aromatic nitrogens is 2. The molecule has 0 bridgehead atoms. The summed E-state index contributed by atoms with van der Waals surface area (Å²) in [7, 11) is 0. The summed E-state index contributed by atoms with van der Waals surface area (Å²) in [5, 5.41) is 8.23. The van der Waals surface area contributed by atoms with Crippen LogP contribution in [-0.4, -0.2) is 15.8 Å². The van der Waals surface area contributed by atoms with Crippen molar-refractivity contribution in [3.63, 3.8) is 0 Å². The molecule has 0 unspecified atom stereocenters. The molecule has 1 amide bonds. The normalized spacial score (nSPS) is 10.7. The van der Waals surface area contributed by atoms with Crippen LogP contribution in [0, 0.1) is 13.8 Å². The van der Waals surface area contributed by atoms with E-state index in [9.17, 15) is 4.79 Å². The van der Waals surface area contributed by atoms with Crippen molar-refractivity contribution in [3.8, 4) is 0 Å². The van der Waals surface area contributed by atoms with Gasteiger partial charge in [0.2, 0.25) is 0 Å². The van der Waals surface area contributed by atoms with Crippen molar-refractivity contribution in [1.82, 2.24) is 9.78 Å². The number of carbonyl (C=O) groups excluding carboxylic acids is 1. The van der Waals surface area contributed by atoms with Crippen molar-refractivity contribution in [3.05, 3.63) is 59.8 Å². The number of nitrogens with zero attached hydrogens (tertiary/aromatic N) is 2. The lowest BCUT2D eigenvalue weighted by Crippen LogP contribution is -2.20. The second kappa shape index (κ2) is 4.81. The van der Waals surface area contributed by atoms with E-state index in [1.807, 2.05) is 62.4 Å². The molecule has 0 aliphatic rings. The monoisotopic (exact) mass is 265 g/mol. The van der Waals surface area contributed by atoms with Crippen LogP contribution in [0.5, 0.6) is 0 Å². The first-order valence-electron chi connectivity index (χ1n) is 6.48. The van der Waals surface area contributed by atoms with Crippen LogP contribution >= 0.6 is 0 Å². The highest BCUT2D eigenvalue weighted by Gasteiger charge is 2.14. The van der Waals surface area contributed by atoms with E-state index in [1.165, 1.54) is 4.68 Å². The number of amides is 1. The van der Waals surface area contributed by atoms with E-state index < -0.39 is 0 Å². The summed E-state index contributed by atoms with van der Waals surface area (Å²) >= 11 is 0. The third kappa shape index (κ3) is 2.05. The molecule has 0 aliphatic carbocycles. The summed E-state index contributed by atoms with van der Waals surface area (Å²) in [6, 6.07) is 15.0. The lowest BCUT2D eigenvalue weighted by Gasteiger charge is -2.05. The molecule has 1 N–H and O–H groups in total. The van der Waals surface area contributed by atoms with Gasteiger partial charge in [0.05, 0.1) is 11.2 Å². The molecule has 1 aromatic heterocycles. The van der Waals surface area contributed by atoms with Gasteiger partial charge >= 0.3 is 6.03 Å². The van der Waals surface area contributed by atoms with Gasteiger partial charge in [-0.1, -0.05) is 30.3 Å². The molecule has 3 rings (SSSR count). The average molecular weight is 265 g/mol. The Morgan fingerprint density at radius 3 is 2.55 bits per heavy atom. The first kappa shape index (κ1) is 12.4. The number of hydrogen-bond acceptors (Lipinski definition) is 2. The topological polar surface area (TPSA) is 46.9 Å². The van der Waals surface area contributed by atoms with Gasteiger partial charge in [0.25, 0.3) is 0 Å². The molecule has 0 radical (unpaired) electrons. The number of para-hydroxylation sites is 1. The Morgan fingerprint density at radius 1 is 1.05 bits per heavy atom. The van der Waals surface area contributed by atoms with E-state index >= 15 is 0 Å². The van der Waals surface area contributed by atoms with Gasteiger partial charge < -0.3 is 5.32 Å². The largest absolute Gasteiger partial charge is 0.347 e. The molecule has 0 spiro atoms. The Bertz CT molecular complexity index is 775. The minimum absolute atomic E-state index is 0.250. The van der Waals surface area contributed by atoms with Crippen molar-refractivity contribution in [1.29, 1.82) is 0 Å². The predicted octanol–water partition coefficient (Wildman–Crippen LogP) is 3.73. The number of anilines is 1. The number of rotatable bonds is 1. The zero-order valence-electron chi connectivity index (χ0n) is 11.4. The molecule has 0 saturated carbocycles. The number of nitrogens with one attached hydrogen (secondary N) is 1. The van der Waals surface area contributed by atoms with Crippen LogP contribution in [0.2, 0.25) is 0 Å². The Labute approximate surface area is 117 Å².